The average molecular weight is 719 g/mol. The van der Waals surface area contributed by atoms with E-state index >= 15 is 0 Å². The Morgan fingerprint density at radius 2 is 1.49 bits per heavy atom. The largest absolute Gasteiger partial charge is 0.508 e. The molecular formula is C39H62N2O10. The van der Waals surface area contributed by atoms with Gasteiger partial charge in [-0.05, 0) is 64.2 Å². The number of ketones is 1. The Hall–Kier alpha value is -3.77. The maximum absolute atomic E-state index is 14.0. The standard InChI is InChI=1S/C39H62N2O10/c1-7-8-9-12-15-18-30(42)19-16-13-10-11-14-17-20-32(35(45)41-33(36(46)50-6)27-29-21-23-31(43)24-22-29)39(48,37(47)51-38(2,3)4)28-34(44)40-25-26-49-5/h17,20-24,32-33,43,48H,7-16,18-19,25-28H2,1-6H3,(H,40,44)(H,41,45)/b20-17+/t32-,33+,39+/m1/s1. The highest BCUT2D eigenvalue weighted by atomic mass is 16.6. The molecule has 4 N–H and O–H groups in total. The van der Waals surface area contributed by atoms with Crippen LogP contribution in [0.4, 0.5) is 0 Å². The van der Waals surface area contributed by atoms with Gasteiger partial charge in [0.05, 0.1) is 26.1 Å². The molecule has 0 bridgehead atoms. The van der Waals surface area contributed by atoms with Gasteiger partial charge < -0.3 is 35.1 Å². The Morgan fingerprint density at radius 3 is 2.06 bits per heavy atom. The van der Waals surface area contributed by atoms with E-state index in [9.17, 15) is 34.2 Å². The lowest BCUT2D eigenvalue weighted by atomic mass is 9.82. The highest BCUT2D eigenvalue weighted by Gasteiger charge is 2.51. The number of esters is 2. The third-order valence-corrected chi connectivity index (χ3v) is 8.25. The van der Waals surface area contributed by atoms with E-state index in [-0.39, 0.29) is 25.3 Å². The van der Waals surface area contributed by atoms with E-state index in [1.807, 2.05) is 0 Å². The van der Waals surface area contributed by atoms with Crippen LogP contribution in [0.3, 0.4) is 0 Å². The Balaban J connectivity index is 3.19. The van der Waals surface area contributed by atoms with E-state index < -0.39 is 53.3 Å². The summed E-state index contributed by atoms with van der Waals surface area (Å²) in [5.74, 6) is -4.87. The van der Waals surface area contributed by atoms with Gasteiger partial charge in [0.1, 0.15) is 23.2 Å². The molecule has 0 saturated heterocycles. The number of ether oxygens (including phenoxy) is 3. The topological polar surface area (TPSA) is 178 Å². The summed E-state index contributed by atoms with van der Waals surface area (Å²) in [4.78, 5) is 65.6. The first-order chi connectivity index (χ1) is 24.2. The highest BCUT2D eigenvalue weighted by molar-refractivity contribution is 5.96. The molecule has 1 rings (SSSR count). The van der Waals surface area contributed by atoms with Crippen molar-refractivity contribution < 1.29 is 48.4 Å². The van der Waals surface area contributed by atoms with Gasteiger partial charge in [-0.2, -0.15) is 0 Å². The van der Waals surface area contributed by atoms with Crippen molar-refractivity contribution in [2.45, 2.75) is 135 Å². The molecule has 0 aliphatic heterocycles. The van der Waals surface area contributed by atoms with Gasteiger partial charge in [0.2, 0.25) is 11.8 Å². The van der Waals surface area contributed by atoms with Crippen LogP contribution in [0.15, 0.2) is 36.4 Å². The van der Waals surface area contributed by atoms with E-state index in [2.05, 4.69) is 17.6 Å². The smallest absolute Gasteiger partial charge is 0.340 e. The van der Waals surface area contributed by atoms with Crippen LogP contribution in [0.2, 0.25) is 0 Å². The van der Waals surface area contributed by atoms with Crippen molar-refractivity contribution in [3.63, 3.8) is 0 Å². The van der Waals surface area contributed by atoms with Crippen molar-refractivity contribution in [1.82, 2.24) is 10.6 Å². The van der Waals surface area contributed by atoms with Gasteiger partial charge in [-0.1, -0.05) is 69.7 Å². The molecule has 0 aliphatic rings. The van der Waals surface area contributed by atoms with E-state index in [1.54, 1.807) is 39.0 Å². The number of phenolic OH excluding ortho intramolecular Hbond substituents is 1. The average Bonchev–Trinajstić information content (AvgIpc) is 3.06. The Kier molecular flexibility index (Phi) is 21.7. The number of amides is 2. The second kappa shape index (κ2) is 24.4. The molecule has 2 amide bonds. The van der Waals surface area contributed by atoms with Gasteiger partial charge in [0.25, 0.3) is 0 Å². The number of methoxy groups -OCH3 is 2. The van der Waals surface area contributed by atoms with Crippen LogP contribution in [-0.4, -0.2) is 84.4 Å². The zero-order chi connectivity index (χ0) is 38.3. The van der Waals surface area contributed by atoms with Crippen molar-refractivity contribution >= 4 is 29.5 Å². The van der Waals surface area contributed by atoms with Gasteiger partial charge in [0, 0.05) is 32.9 Å². The number of hydrogen-bond donors (Lipinski definition) is 4. The minimum atomic E-state index is -2.65. The monoisotopic (exact) mass is 718 g/mol. The van der Waals surface area contributed by atoms with Gasteiger partial charge in [-0.3, -0.25) is 14.4 Å². The van der Waals surface area contributed by atoms with E-state index in [0.717, 1.165) is 38.5 Å². The number of nitrogens with one attached hydrogen (secondary N) is 2. The lowest BCUT2D eigenvalue weighted by molar-refractivity contribution is -0.185. The molecule has 3 atom stereocenters. The maximum Gasteiger partial charge on any atom is 0.340 e. The summed E-state index contributed by atoms with van der Waals surface area (Å²) in [7, 11) is 2.63. The highest BCUT2D eigenvalue weighted by Crippen LogP contribution is 2.29. The Labute approximate surface area is 304 Å². The SMILES string of the molecule is CCCCCCCC(=O)CCCCCC/C=C/[C@H](C(=O)N[C@@H](Cc1ccc(O)cc1)C(=O)OC)[C@@](O)(CC(=O)NCCOC)C(=O)OC(C)(C)C. The molecule has 51 heavy (non-hydrogen) atoms. The fraction of sp³-hybridized carbons (Fsp3) is 0.667. The first kappa shape index (κ1) is 45.3. The second-order valence-corrected chi connectivity index (χ2v) is 14.0. The number of aromatic hydroxyl groups is 1. The number of phenols is 1. The minimum Gasteiger partial charge on any atom is -0.508 e. The van der Waals surface area contributed by atoms with Crippen LogP contribution in [0, 0.1) is 5.92 Å². The quantitative estimate of drug-likeness (QED) is 0.0561. The number of allylic oxidation sites excluding steroid dienone is 1. The zero-order valence-electron chi connectivity index (χ0n) is 31.6. The zero-order valence-corrected chi connectivity index (χ0v) is 31.6. The normalized spacial score (nSPS) is 13.9. The minimum absolute atomic E-state index is 0.0150. The maximum atomic E-state index is 14.0. The van der Waals surface area contributed by atoms with Gasteiger partial charge in [-0.25, -0.2) is 9.59 Å². The summed E-state index contributed by atoms with van der Waals surface area (Å²) in [6.07, 6.45) is 12.7. The molecule has 0 fully saturated rings. The molecule has 0 saturated carbocycles. The number of rotatable bonds is 26. The van der Waals surface area contributed by atoms with Crippen LogP contribution < -0.4 is 10.6 Å². The molecule has 0 unspecified atom stereocenters. The predicted molar refractivity (Wildman–Crippen MR) is 195 cm³/mol. The Morgan fingerprint density at radius 1 is 0.882 bits per heavy atom. The number of benzene rings is 1. The lowest BCUT2D eigenvalue weighted by Gasteiger charge is -2.34. The predicted octanol–water partition coefficient (Wildman–Crippen LogP) is 5.26. The van der Waals surface area contributed by atoms with Gasteiger partial charge >= 0.3 is 11.9 Å². The number of Topliss-reactive ketones (excluding diaryl/α,β-unsaturated/α-hetero) is 1. The molecule has 0 aromatic heterocycles. The number of unbranched alkanes of at least 4 members (excludes halogenated alkanes) is 8. The summed E-state index contributed by atoms with van der Waals surface area (Å²) in [6.45, 7) is 7.25. The van der Waals surface area contributed by atoms with Crippen molar-refractivity contribution in [1.29, 1.82) is 0 Å². The molecule has 12 heteroatoms. The molecular weight excluding hydrogens is 656 g/mol. The van der Waals surface area contributed by atoms with Crippen LogP contribution in [0.25, 0.3) is 0 Å². The third kappa shape index (κ3) is 18.9. The number of aliphatic hydroxyl groups is 1. The lowest BCUT2D eigenvalue weighted by Crippen LogP contribution is -2.57. The second-order valence-electron chi connectivity index (χ2n) is 14.0. The number of hydrogen-bond acceptors (Lipinski definition) is 10. The summed E-state index contributed by atoms with van der Waals surface area (Å²) in [5.41, 5.74) is -3.11. The number of carbonyl (C=O) groups excluding carboxylic acids is 5. The molecule has 0 heterocycles. The van der Waals surface area contributed by atoms with Crippen molar-refractivity contribution in [3.8, 4) is 5.75 Å². The number of carbonyl (C=O) groups is 5. The molecule has 0 radical (unpaired) electrons. The van der Waals surface area contributed by atoms with Crippen molar-refractivity contribution in [3.05, 3.63) is 42.0 Å². The fourth-order valence-electron chi connectivity index (χ4n) is 5.42. The van der Waals surface area contributed by atoms with E-state index in [4.69, 9.17) is 14.2 Å². The van der Waals surface area contributed by atoms with Crippen molar-refractivity contribution in [2.75, 3.05) is 27.4 Å². The third-order valence-electron chi connectivity index (χ3n) is 8.25. The van der Waals surface area contributed by atoms with Crippen LogP contribution in [0.5, 0.6) is 5.75 Å². The van der Waals surface area contributed by atoms with Crippen LogP contribution in [-0.2, 0) is 44.6 Å². The molecule has 0 spiro atoms. The first-order valence-electron chi connectivity index (χ1n) is 18.2. The molecule has 1 aromatic rings. The fourth-order valence-corrected chi connectivity index (χ4v) is 5.42. The summed E-state index contributed by atoms with van der Waals surface area (Å²) < 4.78 is 15.4. The van der Waals surface area contributed by atoms with Gasteiger partial charge in [0.15, 0.2) is 5.60 Å². The first-order valence-corrected chi connectivity index (χ1v) is 18.2. The van der Waals surface area contributed by atoms with Crippen LogP contribution >= 0.6 is 0 Å². The molecule has 1 aromatic carbocycles. The van der Waals surface area contributed by atoms with Crippen molar-refractivity contribution in [2.24, 2.45) is 5.92 Å². The Bertz CT molecular complexity index is 1240. The van der Waals surface area contributed by atoms with E-state index in [1.165, 1.54) is 51.7 Å². The summed E-state index contributed by atoms with van der Waals surface area (Å²) >= 11 is 0. The van der Waals surface area contributed by atoms with Crippen LogP contribution in [0.1, 0.15) is 117 Å². The molecule has 0 aliphatic carbocycles. The van der Waals surface area contributed by atoms with E-state index in [0.29, 0.717) is 30.6 Å². The summed E-state index contributed by atoms with van der Waals surface area (Å²) in [6, 6.07) is 4.82. The molecule has 288 valence electrons. The molecule has 12 nitrogen and oxygen atoms in total. The van der Waals surface area contributed by atoms with Gasteiger partial charge in [-0.15, -0.1) is 0 Å². The summed E-state index contributed by atoms with van der Waals surface area (Å²) in [5, 5.41) is 26.8.